The zero-order chi connectivity index (χ0) is 21.6. The number of nitrogens with zero attached hydrogens (tertiary/aromatic N) is 3. The van der Waals surface area contributed by atoms with Crippen LogP contribution in [0.3, 0.4) is 0 Å². The van der Waals surface area contributed by atoms with Gasteiger partial charge in [-0.1, -0.05) is 6.07 Å². The largest absolute Gasteiger partial charge is 0.496 e. The van der Waals surface area contributed by atoms with Gasteiger partial charge in [-0.05, 0) is 38.5 Å². The second kappa shape index (κ2) is 11.2. The molecule has 1 aromatic rings. The summed E-state index contributed by atoms with van der Waals surface area (Å²) in [5, 5.41) is 0. The number of esters is 1. The lowest BCUT2D eigenvalue weighted by Crippen LogP contribution is -2.53. The first-order valence-electron chi connectivity index (χ1n) is 9.42. The number of guanidine groups is 1. The number of aliphatic imine (C=N–C) groups is 1. The molecular weight excluding hydrogens is 503 g/mol. The predicted molar refractivity (Wildman–Crippen MR) is 124 cm³/mol. The molecule has 0 saturated carbocycles. The maximum Gasteiger partial charge on any atom is 0.410 e. The number of ether oxygens (including phenoxy) is 3. The van der Waals surface area contributed by atoms with Gasteiger partial charge in [0.2, 0.25) is 0 Å². The van der Waals surface area contributed by atoms with E-state index in [9.17, 15) is 9.59 Å². The fraction of sp³-hybridized carbons (Fsp3) is 0.550. The minimum atomic E-state index is -0.518. The molecule has 0 unspecified atom stereocenters. The Labute approximate surface area is 194 Å². The number of carbonyl (C=O) groups excluding carboxylic acids is 2. The van der Waals surface area contributed by atoms with E-state index in [1.807, 2.05) is 31.7 Å². The number of hydrogen-bond acceptors (Lipinski definition) is 6. The molecule has 0 aliphatic carbocycles. The van der Waals surface area contributed by atoms with Crippen LogP contribution in [0.15, 0.2) is 23.2 Å². The van der Waals surface area contributed by atoms with E-state index in [0.29, 0.717) is 50.0 Å². The summed E-state index contributed by atoms with van der Waals surface area (Å²) >= 11 is 0. The zero-order valence-electron chi connectivity index (χ0n) is 18.1. The first-order valence-corrected chi connectivity index (χ1v) is 9.42. The van der Waals surface area contributed by atoms with E-state index in [2.05, 4.69) is 4.99 Å². The normalized spacial score (nSPS) is 14.6. The molecule has 1 saturated heterocycles. The topological polar surface area (TPSA) is 107 Å². The molecule has 1 aromatic carbocycles. The SMILES string of the molecule is COC(=O)c1cc(CN=C(N)N2CCN(C(=O)OC(C)(C)C)CC2)ccc1OC.I. The van der Waals surface area contributed by atoms with Gasteiger partial charge in [0.15, 0.2) is 5.96 Å². The third kappa shape index (κ3) is 7.22. The molecule has 1 aliphatic heterocycles. The van der Waals surface area contributed by atoms with E-state index >= 15 is 0 Å². The molecule has 0 spiro atoms. The number of carbonyl (C=O) groups is 2. The third-order valence-electron chi connectivity index (χ3n) is 4.35. The Kier molecular flexibility index (Phi) is 9.66. The van der Waals surface area contributed by atoms with Crippen molar-refractivity contribution in [3.63, 3.8) is 0 Å². The van der Waals surface area contributed by atoms with Gasteiger partial charge in [0.05, 0.1) is 20.8 Å². The lowest BCUT2D eigenvalue weighted by molar-refractivity contribution is 0.0186. The summed E-state index contributed by atoms with van der Waals surface area (Å²) in [6.07, 6.45) is -0.318. The van der Waals surface area contributed by atoms with E-state index in [1.165, 1.54) is 14.2 Å². The van der Waals surface area contributed by atoms with E-state index < -0.39 is 11.6 Å². The fourth-order valence-electron chi connectivity index (χ4n) is 2.84. The van der Waals surface area contributed by atoms with Gasteiger partial charge in [-0.25, -0.2) is 14.6 Å². The Morgan fingerprint density at radius 2 is 1.70 bits per heavy atom. The van der Waals surface area contributed by atoms with Crippen LogP contribution in [0.5, 0.6) is 5.75 Å². The molecule has 1 heterocycles. The number of benzene rings is 1. The highest BCUT2D eigenvalue weighted by molar-refractivity contribution is 14.0. The highest BCUT2D eigenvalue weighted by Crippen LogP contribution is 2.21. The average molecular weight is 534 g/mol. The Bertz CT molecular complexity index is 771. The van der Waals surface area contributed by atoms with E-state index in [4.69, 9.17) is 19.9 Å². The highest BCUT2D eigenvalue weighted by atomic mass is 127. The van der Waals surface area contributed by atoms with Crippen LogP contribution in [-0.2, 0) is 16.0 Å². The number of piperazine rings is 1. The van der Waals surface area contributed by atoms with Crippen LogP contribution < -0.4 is 10.5 Å². The zero-order valence-corrected chi connectivity index (χ0v) is 20.5. The monoisotopic (exact) mass is 534 g/mol. The van der Waals surface area contributed by atoms with Gasteiger partial charge in [-0.15, -0.1) is 24.0 Å². The van der Waals surface area contributed by atoms with Crippen molar-refractivity contribution in [1.29, 1.82) is 0 Å². The summed E-state index contributed by atoms with van der Waals surface area (Å²) in [4.78, 5) is 32.0. The van der Waals surface area contributed by atoms with Gasteiger partial charge in [0, 0.05) is 26.2 Å². The molecule has 9 nitrogen and oxygen atoms in total. The van der Waals surface area contributed by atoms with E-state index in [0.717, 1.165) is 5.56 Å². The number of hydrogen-bond donors (Lipinski definition) is 1. The molecule has 30 heavy (non-hydrogen) atoms. The van der Waals surface area contributed by atoms with Crippen LogP contribution in [0.4, 0.5) is 4.79 Å². The maximum absolute atomic E-state index is 12.1. The van der Waals surface area contributed by atoms with Gasteiger partial charge >= 0.3 is 12.1 Å². The summed E-state index contributed by atoms with van der Waals surface area (Å²) in [6.45, 7) is 8.02. The molecule has 10 heteroatoms. The Balaban J connectivity index is 0.00000450. The van der Waals surface area contributed by atoms with Crippen LogP contribution in [0.25, 0.3) is 0 Å². The van der Waals surface area contributed by atoms with Gasteiger partial charge in [-0.2, -0.15) is 0 Å². The van der Waals surface area contributed by atoms with E-state index in [-0.39, 0.29) is 30.1 Å². The van der Waals surface area contributed by atoms with Gasteiger partial charge < -0.3 is 29.7 Å². The molecule has 1 amide bonds. The minimum absolute atomic E-state index is 0. The van der Waals surface area contributed by atoms with Crippen LogP contribution in [0, 0.1) is 0 Å². The second-order valence-corrected chi connectivity index (χ2v) is 7.66. The van der Waals surface area contributed by atoms with Crippen molar-refractivity contribution in [2.24, 2.45) is 10.7 Å². The van der Waals surface area contributed by atoms with Crippen molar-refractivity contribution >= 4 is 42.0 Å². The van der Waals surface area contributed by atoms with Crippen molar-refractivity contribution in [1.82, 2.24) is 9.80 Å². The van der Waals surface area contributed by atoms with Gasteiger partial charge in [-0.3, -0.25) is 0 Å². The number of rotatable bonds is 4. The molecule has 1 fully saturated rings. The Morgan fingerprint density at radius 1 is 1.10 bits per heavy atom. The Morgan fingerprint density at radius 3 is 2.23 bits per heavy atom. The first-order chi connectivity index (χ1) is 13.6. The molecule has 2 rings (SSSR count). The third-order valence-corrected chi connectivity index (χ3v) is 4.35. The summed E-state index contributed by atoms with van der Waals surface area (Å²) in [5.41, 5.74) is 6.75. The summed E-state index contributed by atoms with van der Waals surface area (Å²) in [5.74, 6) is 0.360. The number of nitrogens with two attached hydrogens (primary N) is 1. The second-order valence-electron chi connectivity index (χ2n) is 7.66. The highest BCUT2D eigenvalue weighted by Gasteiger charge is 2.26. The Hall–Kier alpha value is -2.24. The average Bonchev–Trinajstić information content (AvgIpc) is 2.70. The number of amides is 1. The molecule has 1 aliphatic rings. The molecule has 2 N–H and O–H groups in total. The van der Waals surface area contributed by atoms with Crippen molar-refractivity contribution in [3.05, 3.63) is 29.3 Å². The quantitative estimate of drug-likeness (QED) is 0.274. The molecule has 0 atom stereocenters. The summed E-state index contributed by atoms with van der Waals surface area (Å²) < 4.78 is 15.4. The van der Waals surface area contributed by atoms with Crippen molar-refractivity contribution in [2.45, 2.75) is 32.9 Å². The fourth-order valence-corrected chi connectivity index (χ4v) is 2.84. The van der Waals surface area contributed by atoms with Crippen LogP contribution >= 0.6 is 24.0 Å². The number of halogens is 1. The molecular formula is C20H31IN4O5. The standard InChI is InChI=1S/C20H30N4O5.HI/c1-20(2,3)29-19(26)24-10-8-23(9-11-24)18(21)22-13-14-6-7-16(27-4)15(12-14)17(25)28-5;/h6-7,12H,8-11,13H2,1-5H3,(H2,21,22);1H. The van der Waals surface area contributed by atoms with E-state index in [1.54, 1.807) is 17.0 Å². The van der Waals surface area contributed by atoms with Crippen LogP contribution in [0.2, 0.25) is 0 Å². The molecule has 0 radical (unpaired) electrons. The van der Waals surface area contributed by atoms with Crippen LogP contribution in [-0.4, -0.2) is 73.8 Å². The molecule has 0 bridgehead atoms. The number of methoxy groups -OCH3 is 2. The maximum atomic E-state index is 12.1. The van der Waals surface area contributed by atoms with Crippen molar-refractivity contribution in [3.8, 4) is 5.75 Å². The van der Waals surface area contributed by atoms with Crippen molar-refractivity contribution < 1.29 is 23.8 Å². The van der Waals surface area contributed by atoms with Crippen LogP contribution in [0.1, 0.15) is 36.7 Å². The van der Waals surface area contributed by atoms with Crippen molar-refractivity contribution in [2.75, 3.05) is 40.4 Å². The smallest absolute Gasteiger partial charge is 0.410 e. The van der Waals surface area contributed by atoms with Gasteiger partial charge in [0.25, 0.3) is 0 Å². The van der Waals surface area contributed by atoms with Gasteiger partial charge in [0.1, 0.15) is 16.9 Å². The predicted octanol–water partition coefficient (Wildman–Crippen LogP) is 2.47. The minimum Gasteiger partial charge on any atom is -0.496 e. The lowest BCUT2D eigenvalue weighted by Gasteiger charge is -2.36. The first kappa shape index (κ1) is 25.8. The molecule has 168 valence electrons. The summed E-state index contributed by atoms with van der Waals surface area (Å²) in [6, 6.07) is 5.21. The summed E-state index contributed by atoms with van der Waals surface area (Å²) in [7, 11) is 2.82. The lowest BCUT2D eigenvalue weighted by atomic mass is 10.1. The molecule has 0 aromatic heterocycles.